The van der Waals surface area contributed by atoms with Crippen molar-refractivity contribution in [3.05, 3.63) is 67.3 Å². The van der Waals surface area contributed by atoms with E-state index in [0.29, 0.717) is 47.4 Å². The first-order valence-corrected chi connectivity index (χ1v) is 20.4. The second-order valence-corrected chi connectivity index (χ2v) is 18.7. The lowest BCUT2D eigenvalue weighted by Gasteiger charge is -2.36. The summed E-state index contributed by atoms with van der Waals surface area (Å²) in [4.78, 5) is 63.5. The van der Waals surface area contributed by atoms with Crippen LogP contribution in [0, 0.1) is 11.3 Å². The summed E-state index contributed by atoms with van der Waals surface area (Å²) >= 11 is 0. The van der Waals surface area contributed by atoms with Gasteiger partial charge in [-0.3, -0.25) is 14.5 Å². The minimum Gasteiger partial charge on any atom is -0.497 e. The van der Waals surface area contributed by atoms with Gasteiger partial charge in [-0.1, -0.05) is 57.2 Å². The van der Waals surface area contributed by atoms with Crippen LogP contribution < -0.4 is 19.5 Å². The molecule has 300 valence electrons. The van der Waals surface area contributed by atoms with E-state index in [0.717, 1.165) is 10.5 Å². The minimum absolute atomic E-state index is 0.0425. The molecule has 2 aliphatic carbocycles. The molecule has 15 heteroatoms. The number of benzene rings is 2. The number of imide groups is 1. The van der Waals surface area contributed by atoms with Crippen molar-refractivity contribution in [2.45, 2.75) is 102 Å². The van der Waals surface area contributed by atoms with Gasteiger partial charge >= 0.3 is 12.1 Å². The van der Waals surface area contributed by atoms with Crippen LogP contribution in [0.15, 0.2) is 67.3 Å². The Kier molecular flexibility index (Phi) is 11.1. The molecule has 1 aromatic heterocycles. The number of alkyl carbamates (subject to hydrolysis) is 1. The van der Waals surface area contributed by atoms with Crippen molar-refractivity contribution < 1.29 is 41.8 Å². The zero-order valence-electron chi connectivity index (χ0n) is 32.9. The number of rotatable bonds is 11. The van der Waals surface area contributed by atoms with Crippen LogP contribution >= 0.6 is 0 Å². The number of hydrogen-bond donors (Lipinski definition) is 2. The fourth-order valence-corrected chi connectivity index (χ4v) is 8.16. The number of methoxy groups -OCH3 is 1. The predicted octanol–water partition coefficient (Wildman–Crippen LogP) is 5.80. The number of sulfonamides is 1. The van der Waals surface area contributed by atoms with Crippen molar-refractivity contribution in [1.29, 1.82) is 0 Å². The first kappa shape index (κ1) is 40.5. The highest BCUT2D eigenvalue weighted by atomic mass is 32.2. The second kappa shape index (κ2) is 15.4. The molecule has 0 radical (unpaired) electrons. The summed E-state index contributed by atoms with van der Waals surface area (Å²) in [6.07, 6.45) is 1.21. The van der Waals surface area contributed by atoms with E-state index < -0.39 is 74.5 Å². The molecule has 5 atom stereocenters. The Labute approximate surface area is 328 Å². The first-order chi connectivity index (χ1) is 26.3. The van der Waals surface area contributed by atoms with E-state index in [2.05, 4.69) is 16.6 Å². The quantitative estimate of drug-likeness (QED) is 0.226. The number of ether oxygens (including phenoxy) is 3. The molecular weight excluding hydrogens is 739 g/mol. The molecule has 5 amide bonds. The molecule has 3 aromatic rings. The Morgan fingerprint density at radius 2 is 1.70 bits per heavy atom. The highest BCUT2D eigenvalue weighted by Crippen LogP contribution is 2.40. The number of pyridine rings is 1. The smallest absolute Gasteiger partial charge is 0.408 e. The summed E-state index contributed by atoms with van der Waals surface area (Å²) in [6, 6.07) is 12.6. The Balaban J connectivity index is 1.38. The molecule has 3 fully saturated rings. The number of hydrogen-bond acceptors (Lipinski definition) is 10. The summed E-state index contributed by atoms with van der Waals surface area (Å²) in [5.74, 6) is -0.570. The van der Waals surface area contributed by atoms with Gasteiger partial charge in [0.05, 0.1) is 30.1 Å². The number of carbonyl (C=O) groups excluding carboxylic acids is 4. The van der Waals surface area contributed by atoms with E-state index in [4.69, 9.17) is 19.2 Å². The van der Waals surface area contributed by atoms with Crippen LogP contribution in [0.1, 0.15) is 67.2 Å². The molecule has 14 nitrogen and oxygen atoms in total. The van der Waals surface area contributed by atoms with Gasteiger partial charge in [0.15, 0.2) is 0 Å². The molecule has 1 aliphatic heterocycles. The minimum atomic E-state index is -4.01. The fourth-order valence-electron chi connectivity index (χ4n) is 6.90. The third-order valence-corrected chi connectivity index (χ3v) is 11.8. The summed E-state index contributed by atoms with van der Waals surface area (Å²) < 4.78 is 45.6. The molecule has 2 aromatic carbocycles. The molecule has 2 saturated carbocycles. The highest BCUT2D eigenvalue weighted by molar-refractivity contribution is 7.90. The number of likely N-dealkylation sites (tertiary alicyclic amines) is 1. The number of fused-ring (bicyclic) bond motifs is 1. The van der Waals surface area contributed by atoms with E-state index in [1.807, 2.05) is 36.4 Å². The van der Waals surface area contributed by atoms with Gasteiger partial charge in [-0.05, 0) is 63.5 Å². The number of carbonyl (C=O) groups is 4. The van der Waals surface area contributed by atoms with Crippen molar-refractivity contribution in [2.75, 3.05) is 13.7 Å². The molecule has 0 spiro atoms. The Hall–Kier alpha value is -5.18. The van der Waals surface area contributed by atoms with Crippen LogP contribution in [-0.4, -0.2) is 95.9 Å². The van der Waals surface area contributed by atoms with Crippen LogP contribution in [-0.2, 0) is 24.3 Å². The monoisotopic (exact) mass is 789 g/mol. The number of nitrogens with one attached hydrogen (secondary N) is 2. The van der Waals surface area contributed by atoms with E-state index in [1.54, 1.807) is 72.9 Å². The van der Waals surface area contributed by atoms with Gasteiger partial charge in [0, 0.05) is 35.5 Å². The van der Waals surface area contributed by atoms with Crippen molar-refractivity contribution >= 4 is 44.9 Å². The molecule has 2 heterocycles. The van der Waals surface area contributed by atoms with Crippen LogP contribution in [0.2, 0.25) is 0 Å². The number of amides is 5. The lowest BCUT2D eigenvalue weighted by Crippen LogP contribution is -2.60. The lowest BCUT2D eigenvalue weighted by atomic mass is 9.85. The molecule has 3 aliphatic rings. The second-order valence-electron chi connectivity index (χ2n) is 16.7. The van der Waals surface area contributed by atoms with Gasteiger partial charge in [0.25, 0.3) is 5.91 Å². The van der Waals surface area contributed by atoms with Crippen LogP contribution in [0.4, 0.5) is 9.59 Å². The summed E-state index contributed by atoms with van der Waals surface area (Å²) in [7, 11) is -2.45. The van der Waals surface area contributed by atoms with Crippen molar-refractivity contribution in [1.82, 2.24) is 24.8 Å². The highest BCUT2D eigenvalue weighted by Gasteiger charge is 2.53. The van der Waals surface area contributed by atoms with E-state index in [1.165, 1.54) is 4.90 Å². The Bertz CT molecular complexity index is 2130. The third kappa shape index (κ3) is 9.09. The summed E-state index contributed by atoms with van der Waals surface area (Å²) in [6.45, 7) is 14.2. The lowest BCUT2D eigenvalue weighted by molar-refractivity contribution is -0.145. The summed E-state index contributed by atoms with van der Waals surface area (Å²) in [5, 5.41) is 2.67. The maximum absolute atomic E-state index is 14.8. The van der Waals surface area contributed by atoms with Gasteiger partial charge in [0.1, 0.15) is 35.3 Å². The number of nitrogens with zero attached hydrogens (tertiary/aromatic N) is 3. The van der Waals surface area contributed by atoms with Crippen molar-refractivity contribution in [2.24, 2.45) is 11.3 Å². The van der Waals surface area contributed by atoms with Gasteiger partial charge < -0.3 is 24.4 Å². The van der Waals surface area contributed by atoms with Crippen molar-refractivity contribution in [3.8, 4) is 22.8 Å². The molecule has 1 saturated heterocycles. The Morgan fingerprint density at radius 1 is 1.00 bits per heavy atom. The molecule has 6 rings (SSSR count). The average Bonchev–Trinajstić information content (AvgIpc) is 4.06. The van der Waals surface area contributed by atoms with E-state index >= 15 is 0 Å². The molecule has 0 bridgehead atoms. The van der Waals surface area contributed by atoms with E-state index in [-0.39, 0.29) is 18.9 Å². The topological polar surface area (TPSA) is 174 Å². The summed E-state index contributed by atoms with van der Waals surface area (Å²) in [5.41, 5.74) is 0.349. The standard InChI is InChI=1S/C41H51N5O9S/c1-9-24-19-32(24)46(38(49)44-56(51,52)28-16-17-28)36(47)33-21-27(23-45(33)37(48)35(40(2,3)4)43-39(50)55-41(5,6)7)54-34-22-30(25-13-11-10-12-14-25)42-31-20-26(53-8)15-18-29(31)34/h9-15,18,20,22,24,27-28,32-33,35H,1,16-17,19,21,23H2,2-8H3,(H,43,50)(H,44,49). The number of aromatic nitrogens is 1. The third-order valence-electron chi connectivity index (χ3n) is 10.0. The zero-order valence-corrected chi connectivity index (χ0v) is 33.7. The zero-order chi connectivity index (χ0) is 40.7. The SMILES string of the molecule is C=CC1CC1N(C(=O)NS(=O)(=O)C1CC1)C(=O)C1CC(Oc2cc(-c3ccccc3)nc3cc(OC)ccc23)CN1C(=O)C(NC(=O)OC(C)(C)C)C(C)(C)C. The van der Waals surface area contributed by atoms with Gasteiger partial charge in [-0.25, -0.2) is 27.7 Å². The first-order valence-electron chi connectivity index (χ1n) is 18.8. The molecule has 2 N–H and O–H groups in total. The van der Waals surface area contributed by atoms with Crippen LogP contribution in [0.25, 0.3) is 22.2 Å². The van der Waals surface area contributed by atoms with Gasteiger partial charge in [-0.2, -0.15) is 0 Å². The maximum atomic E-state index is 14.8. The van der Waals surface area contributed by atoms with Crippen LogP contribution in [0.3, 0.4) is 0 Å². The normalized spacial score (nSPS) is 21.4. The predicted molar refractivity (Wildman–Crippen MR) is 210 cm³/mol. The average molecular weight is 790 g/mol. The largest absolute Gasteiger partial charge is 0.497 e. The Morgan fingerprint density at radius 3 is 2.29 bits per heavy atom. The maximum Gasteiger partial charge on any atom is 0.408 e. The van der Waals surface area contributed by atoms with Crippen molar-refractivity contribution in [3.63, 3.8) is 0 Å². The molecular formula is C41H51N5O9S. The fraction of sp³-hybridized carbons (Fsp3) is 0.488. The van der Waals surface area contributed by atoms with Gasteiger partial charge in [-0.15, -0.1) is 6.58 Å². The number of urea groups is 1. The van der Waals surface area contributed by atoms with Gasteiger partial charge in [0.2, 0.25) is 15.9 Å². The van der Waals surface area contributed by atoms with E-state index in [9.17, 15) is 27.6 Å². The molecule has 56 heavy (non-hydrogen) atoms. The van der Waals surface area contributed by atoms with Crippen LogP contribution in [0.5, 0.6) is 11.5 Å². The molecule has 5 unspecified atom stereocenters.